The summed E-state index contributed by atoms with van der Waals surface area (Å²) in [6.07, 6.45) is 4.19. The van der Waals surface area contributed by atoms with Crippen LogP contribution in [0.4, 0.5) is 0 Å². The van der Waals surface area contributed by atoms with Gasteiger partial charge in [0.25, 0.3) is 0 Å². The Hall–Kier alpha value is -3.39. The van der Waals surface area contributed by atoms with Crippen LogP contribution in [0, 0.1) is 0 Å². The van der Waals surface area contributed by atoms with Crippen molar-refractivity contribution in [1.82, 2.24) is 10.2 Å². The van der Waals surface area contributed by atoms with Crippen LogP contribution < -0.4 is 14.8 Å². The maximum Gasteiger partial charge on any atom is 0.222 e. The van der Waals surface area contributed by atoms with Crippen molar-refractivity contribution < 1.29 is 23.7 Å². The normalized spacial score (nSPS) is 17.0. The van der Waals surface area contributed by atoms with Crippen LogP contribution in [0.3, 0.4) is 0 Å². The molecule has 0 saturated carbocycles. The number of rotatable bonds is 15. The summed E-state index contributed by atoms with van der Waals surface area (Å²) in [5.41, 5.74) is 2.06. The summed E-state index contributed by atoms with van der Waals surface area (Å²) in [6, 6.07) is 26.6. The number of unbranched alkanes of at least 4 members (excludes halogenated alkanes) is 2. The van der Waals surface area contributed by atoms with Gasteiger partial charge in [-0.05, 0) is 67.3 Å². The van der Waals surface area contributed by atoms with Crippen molar-refractivity contribution in [3.63, 3.8) is 0 Å². The van der Waals surface area contributed by atoms with Crippen molar-refractivity contribution >= 4 is 5.91 Å². The molecule has 0 bridgehead atoms. The van der Waals surface area contributed by atoms with Crippen LogP contribution >= 0.6 is 0 Å². The van der Waals surface area contributed by atoms with Gasteiger partial charge in [0.1, 0.15) is 17.1 Å². The van der Waals surface area contributed by atoms with Crippen LogP contribution in [0.1, 0.15) is 48.8 Å². The Morgan fingerprint density at radius 3 is 1.95 bits per heavy atom. The molecule has 7 heteroatoms. The molecule has 7 nitrogen and oxygen atoms in total. The molecule has 0 aliphatic carbocycles. The fraction of sp³-hybridized carbons (Fsp3) is 0.441. The summed E-state index contributed by atoms with van der Waals surface area (Å²) in [5.74, 6) is 1.74. The van der Waals surface area contributed by atoms with E-state index in [1.807, 2.05) is 54.4 Å². The van der Waals surface area contributed by atoms with Crippen LogP contribution in [0.5, 0.6) is 11.5 Å². The second-order valence-corrected chi connectivity index (χ2v) is 10.5. The van der Waals surface area contributed by atoms with Gasteiger partial charge in [-0.3, -0.25) is 4.79 Å². The van der Waals surface area contributed by atoms with Crippen LogP contribution in [-0.2, 0) is 19.9 Å². The summed E-state index contributed by atoms with van der Waals surface area (Å²) in [6.45, 7) is 1.81. The molecule has 1 fully saturated rings. The first kappa shape index (κ1) is 30.6. The predicted molar refractivity (Wildman–Crippen MR) is 162 cm³/mol. The number of carbonyl (C=O) groups is 1. The highest BCUT2D eigenvalue weighted by Gasteiger charge is 2.41. The Balaban J connectivity index is 1.68. The minimum atomic E-state index is -0.910. The maximum atomic E-state index is 13.4. The van der Waals surface area contributed by atoms with E-state index in [1.165, 1.54) is 0 Å². The molecule has 41 heavy (non-hydrogen) atoms. The molecule has 1 aliphatic rings. The lowest BCUT2D eigenvalue weighted by molar-refractivity contribution is -0.134. The van der Waals surface area contributed by atoms with Crippen molar-refractivity contribution in [3.05, 3.63) is 95.6 Å². The largest absolute Gasteiger partial charge is 0.497 e. The van der Waals surface area contributed by atoms with Gasteiger partial charge in [-0.1, -0.05) is 61.0 Å². The Kier molecular flexibility index (Phi) is 11.2. The molecule has 1 aliphatic heterocycles. The van der Waals surface area contributed by atoms with Gasteiger partial charge in [-0.15, -0.1) is 0 Å². The molecule has 220 valence electrons. The van der Waals surface area contributed by atoms with Gasteiger partial charge in [-0.25, -0.2) is 0 Å². The highest BCUT2D eigenvalue weighted by molar-refractivity contribution is 5.77. The molecule has 3 aromatic carbocycles. The molecule has 2 unspecified atom stereocenters. The monoisotopic (exact) mass is 560 g/mol. The molecule has 0 spiro atoms. The molecule has 1 heterocycles. The molecule has 4 rings (SSSR count). The van der Waals surface area contributed by atoms with E-state index < -0.39 is 5.60 Å². The number of nitrogens with one attached hydrogen (secondary N) is 1. The Morgan fingerprint density at radius 2 is 1.41 bits per heavy atom. The highest BCUT2D eigenvalue weighted by atomic mass is 16.5. The lowest BCUT2D eigenvalue weighted by atomic mass is 9.80. The summed E-state index contributed by atoms with van der Waals surface area (Å²) in [4.78, 5) is 15.4. The first-order valence-electron chi connectivity index (χ1n) is 14.5. The van der Waals surface area contributed by atoms with E-state index in [2.05, 4.69) is 41.7 Å². The van der Waals surface area contributed by atoms with E-state index in [1.54, 1.807) is 21.3 Å². The van der Waals surface area contributed by atoms with E-state index in [4.69, 9.17) is 18.9 Å². The quantitative estimate of drug-likeness (QED) is 0.198. The van der Waals surface area contributed by atoms with Gasteiger partial charge >= 0.3 is 0 Å². The van der Waals surface area contributed by atoms with E-state index in [0.29, 0.717) is 19.6 Å². The van der Waals surface area contributed by atoms with Gasteiger partial charge in [0.05, 0.1) is 26.9 Å². The highest BCUT2D eigenvalue weighted by Crippen LogP contribution is 2.42. The summed E-state index contributed by atoms with van der Waals surface area (Å²) in [5, 5.41) is 3.39. The molecular formula is C34H44N2O5. The van der Waals surface area contributed by atoms with E-state index in [0.717, 1.165) is 60.5 Å². The Morgan fingerprint density at radius 1 is 0.829 bits per heavy atom. The van der Waals surface area contributed by atoms with Crippen LogP contribution in [0.2, 0.25) is 0 Å². The summed E-state index contributed by atoms with van der Waals surface area (Å²) < 4.78 is 23.2. The number of carbonyl (C=O) groups excluding carboxylic acids is 1. The molecule has 0 aromatic heterocycles. The first-order chi connectivity index (χ1) is 20.0. The average Bonchev–Trinajstić information content (AvgIpc) is 3.46. The fourth-order valence-electron chi connectivity index (χ4n) is 5.73. The molecule has 1 saturated heterocycles. The van der Waals surface area contributed by atoms with Gasteiger partial charge < -0.3 is 29.2 Å². The Labute approximate surface area is 244 Å². The second-order valence-electron chi connectivity index (χ2n) is 10.5. The molecule has 1 amide bonds. The van der Waals surface area contributed by atoms with Gasteiger partial charge in [0, 0.05) is 32.7 Å². The number of likely N-dealkylation sites (tertiary alicyclic amines) is 1. The summed E-state index contributed by atoms with van der Waals surface area (Å²) in [7, 11) is 7.01. The first-order valence-corrected chi connectivity index (χ1v) is 14.5. The number of nitrogens with zero attached hydrogens (tertiary/aromatic N) is 1. The maximum absolute atomic E-state index is 13.4. The van der Waals surface area contributed by atoms with Crippen LogP contribution in [-0.4, -0.2) is 71.0 Å². The van der Waals surface area contributed by atoms with Crippen LogP contribution in [0.15, 0.2) is 78.9 Å². The summed E-state index contributed by atoms with van der Waals surface area (Å²) >= 11 is 0. The van der Waals surface area contributed by atoms with E-state index in [-0.39, 0.29) is 18.0 Å². The number of ether oxygens (including phenoxy) is 4. The molecule has 0 radical (unpaired) electrons. The molecule has 2 atom stereocenters. The smallest absolute Gasteiger partial charge is 0.222 e. The van der Waals surface area contributed by atoms with E-state index >= 15 is 0 Å². The standard InChI is InChI=1S/C34H44N2O5/c1-35-29-23-30(36(24-29)33(37)13-9-6-10-22-38-2)25-41-34(26-11-7-5-8-12-26,27-14-18-31(39-3)19-15-27)28-16-20-32(40-4)21-17-28/h5,7-8,11-12,14-21,29-30,35H,6,9-10,13,22-25H2,1-4H3. The minimum absolute atomic E-state index is 0.0430. The van der Waals surface area contributed by atoms with Crippen molar-refractivity contribution in [2.45, 2.75) is 49.8 Å². The minimum Gasteiger partial charge on any atom is -0.497 e. The average molecular weight is 561 g/mol. The third kappa shape index (κ3) is 7.28. The number of methoxy groups -OCH3 is 3. The number of likely N-dealkylation sites (N-methyl/N-ethyl adjacent to an activating group) is 1. The number of benzene rings is 3. The van der Waals surface area contributed by atoms with Crippen molar-refractivity contribution in [3.8, 4) is 11.5 Å². The Bertz CT molecular complexity index is 1150. The zero-order valence-corrected chi connectivity index (χ0v) is 24.8. The topological polar surface area (TPSA) is 69.3 Å². The third-order valence-corrected chi connectivity index (χ3v) is 8.05. The number of hydrogen-bond donors (Lipinski definition) is 1. The number of hydrogen-bond acceptors (Lipinski definition) is 6. The van der Waals surface area contributed by atoms with E-state index in [9.17, 15) is 4.79 Å². The zero-order valence-electron chi connectivity index (χ0n) is 24.8. The van der Waals surface area contributed by atoms with Gasteiger partial charge in [-0.2, -0.15) is 0 Å². The zero-order chi connectivity index (χ0) is 29.1. The fourth-order valence-corrected chi connectivity index (χ4v) is 5.73. The van der Waals surface area contributed by atoms with Crippen molar-refractivity contribution in [2.24, 2.45) is 0 Å². The molecular weight excluding hydrogens is 516 g/mol. The lowest BCUT2D eigenvalue weighted by Crippen LogP contribution is -2.42. The number of amides is 1. The van der Waals surface area contributed by atoms with Crippen molar-refractivity contribution in [1.29, 1.82) is 0 Å². The van der Waals surface area contributed by atoms with Crippen molar-refractivity contribution in [2.75, 3.05) is 48.1 Å². The van der Waals surface area contributed by atoms with Crippen LogP contribution in [0.25, 0.3) is 0 Å². The predicted octanol–water partition coefficient (Wildman–Crippen LogP) is 5.41. The van der Waals surface area contributed by atoms with Gasteiger partial charge in [0.15, 0.2) is 0 Å². The second kappa shape index (κ2) is 15.0. The molecule has 3 aromatic rings. The van der Waals surface area contributed by atoms with Gasteiger partial charge in [0.2, 0.25) is 5.91 Å². The lowest BCUT2D eigenvalue weighted by Gasteiger charge is -2.38. The SMILES string of the molecule is CNC1CC(COC(c2ccccc2)(c2ccc(OC)cc2)c2ccc(OC)cc2)N(C(=O)CCCCCOC)C1. The third-order valence-electron chi connectivity index (χ3n) is 8.05. The molecule has 1 N–H and O–H groups in total.